The summed E-state index contributed by atoms with van der Waals surface area (Å²) in [6.45, 7) is 8.68. The second kappa shape index (κ2) is 10.9. The Labute approximate surface area is 215 Å². The van der Waals surface area contributed by atoms with Crippen LogP contribution in [0.2, 0.25) is 5.02 Å². The van der Waals surface area contributed by atoms with E-state index in [-0.39, 0.29) is 0 Å². The molecule has 4 rings (SSSR count). The Bertz CT molecular complexity index is 1400. The van der Waals surface area contributed by atoms with E-state index in [4.69, 9.17) is 21.3 Å². The van der Waals surface area contributed by atoms with Crippen LogP contribution in [-0.4, -0.2) is 33.9 Å². The number of allylic oxidation sites excluding steroid dienone is 2. The van der Waals surface area contributed by atoms with Crippen LogP contribution in [0.1, 0.15) is 28.1 Å². The lowest BCUT2D eigenvalue weighted by molar-refractivity contribution is 0.308. The molecular formula is C27H28ClN5OS. The maximum Gasteiger partial charge on any atom is 0.183 e. The Hall–Kier alpha value is -3.42. The number of aryl methyl sites for hydroxylation is 2. The van der Waals surface area contributed by atoms with E-state index in [0.717, 1.165) is 49.8 Å². The van der Waals surface area contributed by atoms with Crippen LogP contribution in [0.15, 0.2) is 60.8 Å². The average molecular weight is 506 g/mol. The van der Waals surface area contributed by atoms with E-state index in [1.807, 2.05) is 57.7 Å². The van der Waals surface area contributed by atoms with Gasteiger partial charge in [-0.05, 0) is 37.6 Å². The molecule has 35 heavy (non-hydrogen) atoms. The fourth-order valence-electron chi connectivity index (χ4n) is 3.84. The van der Waals surface area contributed by atoms with Crippen molar-refractivity contribution in [2.75, 3.05) is 19.4 Å². The third-order valence-corrected chi connectivity index (χ3v) is 6.72. The molecular weight excluding hydrogens is 478 g/mol. The van der Waals surface area contributed by atoms with Crippen molar-refractivity contribution in [2.45, 2.75) is 27.0 Å². The van der Waals surface area contributed by atoms with E-state index in [1.54, 1.807) is 23.6 Å². The minimum absolute atomic E-state index is 0.294. The highest BCUT2D eigenvalue weighted by molar-refractivity contribution is 7.13. The van der Waals surface area contributed by atoms with Gasteiger partial charge in [0, 0.05) is 66.3 Å². The zero-order chi connectivity index (χ0) is 24.9. The maximum absolute atomic E-state index is 6.54. The smallest absolute Gasteiger partial charge is 0.183 e. The van der Waals surface area contributed by atoms with Crippen LogP contribution in [0.3, 0.4) is 0 Å². The van der Waals surface area contributed by atoms with Crippen LogP contribution in [0.5, 0.6) is 5.75 Å². The van der Waals surface area contributed by atoms with E-state index in [1.165, 1.54) is 0 Å². The third kappa shape index (κ3) is 5.63. The van der Waals surface area contributed by atoms with Crippen LogP contribution >= 0.6 is 22.9 Å². The molecule has 0 radical (unpaired) electrons. The molecule has 3 aromatic heterocycles. The average Bonchev–Trinajstić information content (AvgIpc) is 3.25. The van der Waals surface area contributed by atoms with Gasteiger partial charge in [0.15, 0.2) is 5.13 Å². The number of hydrogen-bond acceptors (Lipinski definition) is 7. The Morgan fingerprint density at radius 1 is 1.20 bits per heavy atom. The normalized spacial score (nSPS) is 11.5. The number of fused-ring (bicyclic) bond motifs is 1. The molecule has 6 nitrogen and oxygen atoms in total. The topological polar surface area (TPSA) is 63.2 Å². The summed E-state index contributed by atoms with van der Waals surface area (Å²) >= 11 is 8.11. The van der Waals surface area contributed by atoms with Gasteiger partial charge < -0.3 is 15.0 Å². The molecule has 1 aromatic carbocycles. The number of nitrogens with zero attached hydrogens (tertiary/aromatic N) is 4. The molecule has 8 heteroatoms. The molecule has 0 amide bonds. The molecule has 0 fully saturated rings. The highest BCUT2D eigenvalue weighted by atomic mass is 35.5. The van der Waals surface area contributed by atoms with E-state index >= 15 is 0 Å². The van der Waals surface area contributed by atoms with Crippen molar-refractivity contribution < 1.29 is 4.74 Å². The SMILES string of the molecule is C=C/C=C(/c1cc(C)nc2c(OCc3c(Cl)cncc3CNc3nc(C)cs3)cccc12)N(C)C. The van der Waals surface area contributed by atoms with Crippen LogP contribution in [0.25, 0.3) is 16.6 Å². The summed E-state index contributed by atoms with van der Waals surface area (Å²) < 4.78 is 6.32. The van der Waals surface area contributed by atoms with Gasteiger partial charge in [0.1, 0.15) is 17.9 Å². The van der Waals surface area contributed by atoms with Gasteiger partial charge >= 0.3 is 0 Å². The number of ether oxygens (including phenoxy) is 1. The van der Waals surface area contributed by atoms with Crippen LogP contribution < -0.4 is 10.1 Å². The van der Waals surface area contributed by atoms with Crippen molar-refractivity contribution in [2.24, 2.45) is 0 Å². The van der Waals surface area contributed by atoms with E-state index in [2.05, 4.69) is 38.9 Å². The van der Waals surface area contributed by atoms with E-state index in [9.17, 15) is 0 Å². The first-order chi connectivity index (χ1) is 16.9. The number of hydrogen-bond donors (Lipinski definition) is 1. The molecule has 4 aromatic rings. The Morgan fingerprint density at radius 3 is 2.74 bits per heavy atom. The van der Waals surface area contributed by atoms with Gasteiger partial charge in [-0.25, -0.2) is 9.97 Å². The number of nitrogens with one attached hydrogen (secondary N) is 1. The first-order valence-corrected chi connectivity index (χ1v) is 12.4. The lowest BCUT2D eigenvalue weighted by Crippen LogP contribution is -2.11. The predicted octanol–water partition coefficient (Wildman–Crippen LogP) is 6.64. The van der Waals surface area contributed by atoms with Crippen LogP contribution in [-0.2, 0) is 13.2 Å². The molecule has 0 bridgehead atoms. The van der Waals surface area contributed by atoms with Gasteiger partial charge in [0.05, 0.1) is 10.7 Å². The number of thiazole rings is 1. The van der Waals surface area contributed by atoms with Crippen molar-refractivity contribution in [3.8, 4) is 5.75 Å². The largest absolute Gasteiger partial charge is 0.487 e. The van der Waals surface area contributed by atoms with Crippen molar-refractivity contribution in [3.05, 3.63) is 93.9 Å². The zero-order valence-electron chi connectivity index (χ0n) is 20.3. The number of halogens is 1. The zero-order valence-corrected chi connectivity index (χ0v) is 21.9. The van der Waals surface area contributed by atoms with Gasteiger partial charge in [-0.2, -0.15) is 0 Å². The maximum atomic E-state index is 6.54. The van der Waals surface area contributed by atoms with Crippen molar-refractivity contribution in [1.29, 1.82) is 0 Å². The summed E-state index contributed by atoms with van der Waals surface area (Å²) in [6.07, 6.45) is 7.25. The number of pyridine rings is 2. The summed E-state index contributed by atoms with van der Waals surface area (Å²) in [7, 11) is 4.04. The second-order valence-electron chi connectivity index (χ2n) is 8.34. The fraction of sp³-hybridized carbons (Fsp3) is 0.222. The van der Waals surface area contributed by atoms with Gasteiger partial charge in [-0.15, -0.1) is 11.3 Å². The molecule has 0 saturated heterocycles. The summed E-state index contributed by atoms with van der Waals surface area (Å²) in [5, 5.41) is 7.80. The molecule has 0 atom stereocenters. The molecule has 0 aliphatic heterocycles. The number of aromatic nitrogens is 3. The lowest BCUT2D eigenvalue weighted by Gasteiger charge is -2.20. The Morgan fingerprint density at radius 2 is 2.03 bits per heavy atom. The predicted molar refractivity (Wildman–Crippen MR) is 146 cm³/mol. The van der Waals surface area contributed by atoms with E-state index < -0.39 is 0 Å². The lowest BCUT2D eigenvalue weighted by atomic mass is 10.0. The summed E-state index contributed by atoms with van der Waals surface area (Å²) in [5.41, 5.74) is 6.67. The van der Waals surface area contributed by atoms with E-state index in [0.29, 0.717) is 23.9 Å². The molecule has 0 unspecified atom stereocenters. The van der Waals surface area contributed by atoms with Crippen LogP contribution in [0.4, 0.5) is 5.13 Å². The highest BCUT2D eigenvalue weighted by Gasteiger charge is 2.15. The number of benzene rings is 1. The summed E-state index contributed by atoms with van der Waals surface area (Å²) in [4.78, 5) is 15.6. The highest BCUT2D eigenvalue weighted by Crippen LogP contribution is 2.33. The molecule has 180 valence electrons. The number of rotatable bonds is 9. The minimum Gasteiger partial charge on any atom is -0.487 e. The van der Waals surface area contributed by atoms with Gasteiger partial charge in [-0.3, -0.25) is 4.98 Å². The first-order valence-electron chi connectivity index (χ1n) is 11.2. The van der Waals surface area contributed by atoms with Gasteiger partial charge in [-0.1, -0.05) is 36.4 Å². The minimum atomic E-state index is 0.294. The summed E-state index contributed by atoms with van der Waals surface area (Å²) in [6, 6.07) is 8.08. The number of anilines is 1. The van der Waals surface area contributed by atoms with Crippen LogP contribution in [0, 0.1) is 13.8 Å². The Kier molecular flexibility index (Phi) is 7.68. The van der Waals surface area contributed by atoms with Crippen molar-refractivity contribution in [1.82, 2.24) is 19.9 Å². The van der Waals surface area contributed by atoms with Gasteiger partial charge in [0.25, 0.3) is 0 Å². The second-order valence-corrected chi connectivity index (χ2v) is 9.61. The van der Waals surface area contributed by atoms with Crippen molar-refractivity contribution in [3.63, 3.8) is 0 Å². The molecule has 3 heterocycles. The van der Waals surface area contributed by atoms with Gasteiger partial charge in [0.2, 0.25) is 0 Å². The molecule has 1 N–H and O–H groups in total. The molecule has 0 aliphatic rings. The summed E-state index contributed by atoms with van der Waals surface area (Å²) in [5.74, 6) is 0.700. The standard InChI is InChI=1S/C27H28ClN5OS/c1-6-8-24(33(4)5)21-11-17(2)31-26-20(21)9-7-10-25(26)34-15-22-19(12-29-14-23(22)28)13-30-27-32-18(3)16-35-27/h6-12,14,16H,1,13,15H2,2-5H3,(H,30,32)/b24-8-. The molecule has 0 saturated carbocycles. The first kappa shape index (κ1) is 24.7. The third-order valence-electron chi connectivity index (χ3n) is 5.48. The molecule has 0 spiro atoms. The van der Waals surface area contributed by atoms with Crippen molar-refractivity contribution >= 4 is 44.7 Å². The quantitative estimate of drug-likeness (QED) is 0.257. The fourth-order valence-corrected chi connectivity index (χ4v) is 4.76. The number of para-hydroxylation sites is 1. The Balaban J connectivity index is 1.65. The monoisotopic (exact) mass is 505 g/mol. The molecule has 0 aliphatic carbocycles.